The number of thiophene rings is 1. The first-order valence-electron chi connectivity index (χ1n) is 7.12. The quantitative estimate of drug-likeness (QED) is 0.626. The summed E-state index contributed by atoms with van der Waals surface area (Å²) < 4.78 is 6.00. The van der Waals surface area contributed by atoms with Crippen LogP contribution in [0.5, 0.6) is 5.75 Å². The molecule has 1 aliphatic heterocycles. The van der Waals surface area contributed by atoms with Gasteiger partial charge in [0.1, 0.15) is 5.75 Å². The molecule has 23 heavy (non-hydrogen) atoms. The summed E-state index contributed by atoms with van der Waals surface area (Å²) in [5.41, 5.74) is 3.75. The second kappa shape index (κ2) is 8.42. The minimum Gasteiger partial charge on any atom is -0.484 e. The number of hydrogen-bond acceptors (Lipinski definition) is 6. The predicted octanol–water partition coefficient (Wildman–Crippen LogP) is 3.76. The molecule has 1 aromatic carbocycles. The molecule has 0 bridgehead atoms. The average molecular weight is 365 g/mol. The Balaban J connectivity index is 1.43. The Morgan fingerprint density at radius 2 is 2.04 bits per heavy atom. The molecule has 0 atom stereocenters. The van der Waals surface area contributed by atoms with Crippen LogP contribution in [-0.4, -0.2) is 30.2 Å². The molecule has 1 fully saturated rings. The van der Waals surface area contributed by atoms with Crippen molar-refractivity contribution in [3.05, 3.63) is 52.2 Å². The third-order valence-electron chi connectivity index (χ3n) is 3.07. The highest BCUT2D eigenvalue weighted by atomic mass is 32.2. The number of rotatable bonds is 6. The normalized spacial score (nSPS) is 15.1. The van der Waals surface area contributed by atoms with Crippen LogP contribution in [0.15, 0.2) is 46.9 Å². The standard InChI is InChI=1S/C16H16N2O2S3/c19-15(18-17-10-14-2-1-7-21-14)11-20-13-5-3-12(4-6-13)16-22-8-9-23-16/h1-7,10,16H,8-9,11H2,(H,18,19)/b17-10-. The van der Waals surface area contributed by atoms with Crippen molar-refractivity contribution in [2.45, 2.75) is 4.58 Å². The first kappa shape index (κ1) is 16.4. The molecule has 1 saturated heterocycles. The number of hydrazone groups is 1. The highest BCUT2D eigenvalue weighted by Gasteiger charge is 2.17. The molecule has 4 nitrogen and oxygen atoms in total. The van der Waals surface area contributed by atoms with Crippen LogP contribution in [0, 0.1) is 0 Å². The Bertz CT molecular complexity index is 650. The Kier molecular flexibility index (Phi) is 6.01. The number of carbonyl (C=O) groups is 1. The van der Waals surface area contributed by atoms with Crippen molar-refractivity contribution < 1.29 is 9.53 Å². The molecular formula is C16H16N2O2S3. The molecule has 0 radical (unpaired) electrons. The maximum atomic E-state index is 11.7. The summed E-state index contributed by atoms with van der Waals surface area (Å²) in [4.78, 5) is 12.7. The molecule has 1 N–H and O–H groups in total. The van der Waals surface area contributed by atoms with Crippen LogP contribution in [0.3, 0.4) is 0 Å². The Hall–Kier alpha value is -1.44. The van der Waals surface area contributed by atoms with E-state index in [1.807, 2.05) is 53.2 Å². The lowest BCUT2D eigenvalue weighted by Crippen LogP contribution is -2.24. The average Bonchev–Trinajstić information content (AvgIpc) is 3.27. The van der Waals surface area contributed by atoms with Gasteiger partial charge in [-0.3, -0.25) is 4.79 Å². The molecule has 0 saturated carbocycles. The summed E-state index contributed by atoms with van der Waals surface area (Å²) in [6.45, 7) is -0.0476. The topological polar surface area (TPSA) is 50.7 Å². The fourth-order valence-electron chi connectivity index (χ4n) is 1.99. The largest absolute Gasteiger partial charge is 0.484 e. The van der Waals surface area contributed by atoms with Gasteiger partial charge < -0.3 is 4.74 Å². The number of hydrogen-bond donors (Lipinski definition) is 1. The number of benzene rings is 1. The van der Waals surface area contributed by atoms with Gasteiger partial charge in [0, 0.05) is 16.4 Å². The molecule has 2 aromatic rings. The Morgan fingerprint density at radius 1 is 1.26 bits per heavy atom. The van der Waals surface area contributed by atoms with Crippen molar-refractivity contribution in [2.75, 3.05) is 18.1 Å². The van der Waals surface area contributed by atoms with Crippen LogP contribution in [0.25, 0.3) is 0 Å². The third-order valence-corrected chi connectivity index (χ3v) is 6.98. The third kappa shape index (κ3) is 5.02. The van der Waals surface area contributed by atoms with Crippen LogP contribution >= 0.6 is 34.9 Å². The fourth-order valence-corrected chi connectivity index (χ4v) is 5.43. The van der Waals surface area contributed by atoms with Gasteiger partial charge in [-0.25, -0.2) is 5.43 Å². The number of ether oxygens (including phenoxy) is 1. The lowest BCUT2D eigenvalue weighted by Gasteiger charge is -2.09. The lowest BCUT2D eigenvalue weighted by atomic mass is 10.2. The number of carbonyl (C=O) groups excluding carboxylic acids is 1. The maximum absolute atomic E-state index is 11.7. The van der Waals surface area contributed by atoms with Crippen molar-refractivity contribution in [2.24, 2.45) is 5.10 Å². The summed E-state index contributed by atoms with van der Waals surface area (Å²) in [5, 5.41) is 5.85. The van der Waals surface area contributed by atoms with Crippen molar-refractivity contribution in [3.8, 4) is 5.75 Å². The number of nitrogens with one attached hydrogen (secondary N) is 1. The van der Waals surface area contributed by atoms with Crippen molar-refractivity contribution in [1.82, 2.24) is 5.43 Å². The molecule has 0 aliphatic carbocycles. The Morgan fingerprint density at radius 3 is 2.74 bits per heavy atom. The minimum atomic E-state index is -0.274. The van der Waals surface area contributed by atoms with Crippen molar-refractivity contribution in [3.63, 3.8) is 0 Å². The monoisotopic (exact) mass is 364 g/mol. The second-order valence-corrected chi connectivity index (χ2v) is 8.44. The van der Waals surface area contributed by atoms with E-state index in [1.165, 1.54) is 17.1 Å². The van der Waals surface area contributed by atoms with Crippen LogP contribution in [0.1, 0.15) is 15.0 Å². The van der Waals surface area contributed by atoms with Gasteiger partial charge >= 0.3 is 0 Å². The van der Waals surface area contributed by atoms with Crippen LogP contribution in [0.2, 0.25) is 0 Å². The van der Waals surface area contributed by atoms with Gasteiger partial charge in [-0.05, 0) is 29.1 Å². The summed E-state index contributed by atoms with van der Waals surface area (Å²) in [6.07, 6.45) is 1.62. The summed E-state index contributed by atoms with van der Waals surface area (Å²) >= 11 is 5.50. The number of thioether (sulfide) groups is 2. The zero-order chi connectivity index (χ0) is 15.9. The minimum absolute atomic E-state index is 0.0476. The number of amides is 1. The second-order valence-electron chi connectivity index (χ2n) is 4.74. The van der Waals surface area contributed by atoms with Crippen LogP contribution in [0.4, 0.5) is 0 Å². The van der Waals surface area contributed by atoms with Gasteiger partial charge in [-0.15, -0.1) is 34.9 Å². The van der Waals surface area contributed by atoms with E-state index in [0.29, 0.717) is 10.3 Å². The van der Waals surface area contributed by atoms with E-state index < -0.39 is 0 Å². The Labute approximate surface area is 147 Å². The molecule has 1 aliphatic rings. The first-order valence-corrected chi connectivity index (χ1v) is 10.1. The molecule has 120 valence electrons. The van der Waals surface area contributed by atoms with E-state index in [4.69, 9.17) is 4.74 Å². The fraction of sp³-hybridized carbons (Fsp3) is 0.250. The van der Waals surface area contributed by atoms with Crippen molar-refractivity contribution in [1.29, 1.82) is 0 Å². The van der Waals surface area contributed by atoms with Gasteiger partial charge in [0.05, 0.1) is 10.8 Å². The first-order chi connectivity index (χ1) is 11.3. The van der Waals surface area contributed by atoms with Crippen LogP contribution in [-0.2, 0) is 4.79 Å². The van der Waals surface area contributed by atoms with E-state index in [0.717, 1.165) is 4.88 Å². The highest BCUT2D eigenvalue weighted by Crippen LogP contribution is 2.45. The molecular weight excluding hydrogens is 348 g/mol. The van der Waals surface area contributed by atoms with E-state index in [2.05, 4.69) is 22.7 Å². The summed E-state index contributed by atoms with van der Waals surface area (Å²) in [6, 6.07) is 11.8. The van der Waals surface area contributed by atoms with Crippen molar-refractivity contribution >= 4 is 47.0 Å². The van der Waals surface area contributed by atoms with E-state index in [1.54, 1.807) is 17.6 Å². The van der Waals surface area contributed by atoms with Gasteiger partial charge in [0.2, 0.25) is 0 Å². The highest BCUT2D eigenvalue weighted by molar-refractivity contribution is 8.19. The van der Waals surface area contributed by atoms with Gasteiger partial charge in [-0.2, -0.15) is 5.10 Å². The van der Waals surface area contributed by atoms with E-state index >= 15 is 0 Å². The van der Waals surface area contributed by atoms with Crippen LogP contribution < -0.4 is 10.2 Å². The zero-order valence-electron chi connectivity index (χ0n) is 12.3. The zero-order valence-corrected chi connectivity index (χ0v) is 14.8. The van der Waals surface area contributed by atoms with E-state index in [9.17, 15) is 4.79 Å². The summed E-state index contributed by atoms with van der Waals surface area (Å²) in [7, 11) is 0. The van der Waals surface area contributed by atoms with Gasteiger partial charge in [0.25, 0.3) is 5.91 Å². The van der Waals surface area contributed by atoms with E-state index in [-0.39, 0.29) is 12.5 Å². The van der Waals surface area contributed by atoms with Gasteiger partial charge in [0.15, 0.2) is 6.61 Å². The molecule has 0 unspecified atom stereocenters. The molecule has 7 heteroatoms. The molecule has 1 aromatic heterocycles. The van der Waals surface area contributed by atoms with Gasteiger partial charge in [-0.1, -0.05) is 18.2 Å². The lowest BCUT2D eigenvalue weighted by molar-refractivity contribution is -0.123. The molecule has 2 heterocycles. The molecule has 1 amide bonds. The molecule has 0 spiro atoms. The molecule has 3 rings (SSSR count). The SMILES string of the molecule is O=C(COc1ccc(C2SCCS2)cc1)N/N=C\c1cccs1. The number of nitrogens with zero attached hydrogens (tertiary/aromatic N) is 1. The smallest absolute Gasteiger partial charge is 0.277 e. The summed E-state index contributed by atoms with van der Waals surface area (Å²) in [5.74, 6) is 2.84. The maximum Gasteiger partial charge on any atom is 0.277 e. The predicted molar refractivity (Wildman–Crippen MR) is 99.6 cm³/mol.